The Morgan fingerprint density at radius 1 is 1.24 bits per heavy atom. The Morgan fingerprint density at radius 3 is 2.58 bits per heavy atom. The van der Waals surface area contributed by atoms with Gasteiger partial charge in [0.1, 0.15) is 17.3 Å². The molecule has 1 unspecified atom stereocenters. The van der Waals surface area contributed by atoms with E-state index in [-0.39, 0.29) is 31.2 Å². The standard InChI is InChI=1S/C28H34N4O6/c1-16-30-24(25(37-16)18-10-12-31(13-11-18)17(2)33)19-6-7-21-20(14-19)15-32(27(21)36)22(26(29)35)8-9-23(34)38-28(3,4)5/h6-7,10,14,22H,8-9,11-13,15H2,1-5H3,(H2,29,35). The first-order chi connectivity index (χ1) is 17.8. The molecule has 2 aromatic rings. The molecular weight excluding hydrogens is 488 g/mol. The summed E-state index contributed by atoms with van der Waals surface area (Å²) in [6.45, 7) is 9.93. The smallest absolute Gasteiger partial charge is 0.306 e. The predicted octanol–water partition coefficient (Wildman–Crippen LogP) is 3.22. The van der Waals surface area contributed by atoms with Crippen LogP contribution in [0.1, 0.15) is 74.5 Å². The molecule has 10 nitrogen and oxygen atoms in total. The molecule has 1 aromatic carbocycles. The molecule has 2 N–H and O–H groups in total. The zero-order chi connectivity index (χ0) is 27.8. The van der Waals surface area contributed by atoms with Crippen molar-refractivity contribution in [2.24, 2.45) is 5.73 Å². The van der Waals surface area contributed by atoms with Crippen molar-refractivity contribution < 1.29 is 28.3 Å². The fourth-order valence-corrected chi connectivity index (χ4v) is 4.84. The number of nitrogens with two attached hydrogens (primary N) is 1. The maximum absolute atomic E-state index is 13.2. The first kappa shape index (κ1) is 27.1. The molecule has 0 aliphatic carbocycles. The van der Waals surface area contributed by atoms with Crippen LogP contribution in [0.5, 0.6) is 0 Å². The predicted molar refractivity (Wildman–Crippen MR) is 139 cm³/mol. The number of nitrogens with zero attached hydrogens (tertiary/aromatic N) is 3. The van der Waals surface area contributed by atoms with E-state index in [9.17, 15) is 19.2 Å². The van der Waals surface area contributed by atoms with Crippen molar-refractivity contribution >= 4 is 29.3 Å². The van der Waals surface area contributed by atoms with Gasteiger partial charge < -0.3 is 24.7 Å². The lowest BCUT2D eigenvalue weighted by Gasteiger charge is -2.25. The van der Waals surface area contributed by atoms with E-state index < -0.39 is 23.5 Å². The number of carbonyl (C=O) groups is 4. The van der Waals surface area contributed by atoms with Gasteiger partial charge in [-0.2, -0.15) is 0 Å². The molecular formula is C28H34N4O6. The highest BCUT2D eigenvalue weighted by Gasteiger charge is 2.36. The monoisotopic (exact) mass is 522 g/mol. The van der Waals surface area contributed by atoms with E-state index >= 15 is 0 Å². The van der Waals surface area contributed by atoms with E-state index in [4.69, 9.17) is 14.9 Å². The minimum atomic E-state index is -0.938. The third-order valence-corrected chi connectivity index (χ3v) is 6.64. The normalized spacial score (nSPS) is 16.2. The number of aryl methyl sites for hydroxylation is 1. The number of fused-ring (bicyclic) bond motifs is 1. The summed E-state index contributed by atoms with van der Waals surface area (Å²) in [6.07, 6.45) is 2.67. The molecule has 0 spiro atoms. The van der Waals surface area contributed by atoms with Crippen LogP contribution in [0.25, 0.3) is 16.8 Å². The summed E-state index contributed by atoms with van der Waals surface area (Å²) in [4.78, 5) is 57.1. The zero-order valence-corrected chi connectivity index (χ0v) is 22.5. The zero-order valence-electron chi connectivity index (χ0n) is 22.5. The average molecular weight is 523 g/mol. The van der Waals surface area contributed by atoms with Crippen molar-refractivity contribution in [1.29, 1.82) is 0 Å². The van der Waals surface area contributed by atoms with Gasteiger partial charge in [0.2, 0.25) is 11.8 Å². The van der Waals surface area contributed by atoms with Crippen LogP contribution >= 0.6 is 0 Å². The fraction of sp³-hybridized carbons (Fsp3) is 0.464. The second kappa shape index (κ2) is 10.4. The summed E-state index contributed by atoms with van der Waals surface area (Å²) in [7, 11) is 0. The molecule has 10 heteroatoms. The van der Waals surface area contributed by atoms with Crippen LogP contribution < -0.4 is 5.73 Å². The van der Waals surface area contributed by atoms with Crippen LogP contribution in [0.3, 0.4) is 0 Å². The van der Waals surface area contributed by atoms with Gasteiger partial charge in [-0.3, -0.25) is 19.2 Å². The number of benzene rings is 1. The lowest BCUT2D eigenvalue weighted by Crippen LogP contribution is -2.45. The van der Waals surface area contributed by atoms with Crippen molar-refractivity contribution in [1.82, 2.24) is 14.8 Å². The van der Waals surface area contributed by atoms with Gasteiger partial charge in [-0.25, -0.2) is 4.98 Å². The molecule has 0 bridgehead atoms. The Bertz CT molecular complexity index is 1320. The minimum Gasteiger partial charge on any atom is -0.460 e. The van der Waals surface area contributed by atoms with Gasteiger partial charge >= 0.3 is 5.97 Å². The molecule has 3 heterocycles. The molecule has 0 saturated heterocycles. The molecule has 202 valence electrons. The van der Waals surface area contributed by atoms with Crippen LogP contribution in [0.15, 0.2) is 28.7 Å². The van der Waals surface area contributed by atoms with Gasteiger partial charge in [-0.05, 0) is 56.9 Å². The van der Waals surface area contributed by atoms with E-state index in [1.807, 2.05) is 18.2 Å². The minimum absolute atomic E-state index is 0.0301. The van der Waals surface area contributed by atoms with Crippen LogP contribution in [-0.2, 0) is 25.7 Å². The topological polar surface area (TPSA) is 136 Å². The Morgan fingerprint density at radius 2 is 1.97 bits per heavy atom. The number of hydrogen-bond acceptors (Lipinski definition) is 7. The Hall–Kier alpha value is -3.95. The third kappa shape index (κ3) is 5.79. The molecule has 1 atom stereocenters. The maximum Gasteiger partial charge on any atom is 0.306 e. The van der Waals surface area contributed by atoms with Crippen molar-refractivity contribution in [3.63, 3.8) is 0 Å². The van der Waals surface area contributed by atoms with Crippen LogP contribution in [0.4, 0.5) is 0 Å². The molecule has 4 rings (SSSR count). The third-order valence-electron chi connectivity index (χ3n) is 6.64. The number of rotatable bonds is 7. The van der Waals surface area contributed by atoms with Crippen LogP contribution in [0, 0.1) is 6.92 Å². The maximum atomic E-state index is 13.2. The van der Waals surface area contributed by atoms with Crippen molar-refractivity contribution in [3.8, 4) is 11.3 Å². The summed E-state index contributed by atoms with van der Waals surface area (Å²) in [5, 5.41) is 0. The van der Waals surface area contributed by atoms with E-state index in [1.165, 1.54) is 4.90 Å². The van der Waals surface area contributed by atoms with Gasteiger partial charge in [0.25, 0.3) is 5.91 Å². The summed E-state index contributed by atoms with van der Waals surface area (Å²) in [6, 6.07) is 4.48. The number of amides is 3. The SMILES string of the molecule is CC(=O)N1CC=C(c2oc(C)nc2-c2ccc3c(c2)CN(C(CCC(=O)OC(C)(C)C)C(N)=O)C3=O)CC1. The Labute approximate surface area is 221 Å². The van der Waals surface area contributed by atoms with E-state index in [1.54, 1.807) is 45.6 Å². The molecule has 0 radical (unpaired) electrons. The number of ether oxygens (including phenoxy) is 1. The van der Waals surface area contributed by atoms with E-state index in [2.05, 4.69) is 4.98 Å². The van der Waals surface area contributed by atoms with Crippen LogP contribution in [-0.4, -0.2) is 63.2 Å². The van der Waals surface area contributed by atoms with Gasteiger partial charge in [0.15, 0.2) is 11.7 Å². The van der Waals surface area contributed by atoms with Gasteiger partial charge in [-0.15, -0.1) is 0 Å². The lowest BCUT2D eigenvalue weighted by atomic mass is 9.98. The van der Waals surface area contributed by atoms with E-state index in [0.717, 1.165) is 16.7 Å². The fourth-order valence-electron chi connectivity index (χ4n) is 4.84. The van der Waals surface area contributed by atoms with Crippen molar-refractivity contribution in [2.45, 2.75) is 72.1 Å². The number of hydrogen-bond donors (Lipinski definition) is 1. The largest absolute Gasteiger partial charge is 0.460 e. The Balaban J connectivity index is 1.55. The summed E-state index contributed by atoms with van der Waals surface area (Å²) in [5.41, 5.74) is 8.64. The molecule has 0 saturated carbocycles. The van der Waals surface area contributed by atoms with E-state index in [0.29, 0.717) is 42.4 Å². The highest BCUT2D eigenvalue weighted by atomic mass is 16.6. The molecule has 3 amide bonds. The number of primary amides is 1. The molecule has 0 fully saturated rings. The van der Waals surface area contributed by atoms with Gasteiger partial charge in [0, 0.05) is 51.0 Å². The first-order valence-electron chi connectivity index (χ1n) is 12.7. The second-order valence-corrected chi connectivity index (χ2v) is 10.7. The highest BCUT2D eigenvalue weighted by Crippen LogP contribution is 2.35. The quantitative estimate of drug-likeness (QED) is 0.552. The number of esters is 1. The second-order valence-electron chi connectivity index (χ2n) is 10.7. The Kier molecular flexibility index (Phi) is 7.44. The molecule has 1 aromatic heterocycles. The number of aromatic nitrogens is 1. The first-order valence-corrected chi connectivity index (χ1v) is 12.7. The number of carbonyl (C=O) groups excluding carboxylic acids is 4. The van der Waals surface area contributed by atoms with Crippen molar-refractivity contribution in [2.75, 3.05) is 13.1 Å². The molecule has 2 aliphatic heterocycles. The van der Waals surface area contributed by atoms with Gasteiger partial charge in [0.05, 0.1) is 0 Å². The van der Waals surface area contributed by atoms with Gasteiger partial charge in [-0.1, -0.05) is 12.1 Å². The number of oxazole rings is 1. The highest BCUT2D eigenvalue weighted by molar-refractivity contribution is 6.01. The molecule has 2 aliphatic rings. The van der Waals surface area contributed by atoms with Crippen LogP contribution in [0.2, 0.25) is 0 Å². The van der Waals surface area contributed by atoms with Crippen molar-refractivity contribution in [3.05, 3.63) is 47.1 Å². The summed E-state index contributed by atoms with van der Waals surface area (Å²) in [5.74, 6) is -0.239. The summed E-state index contributed by atoms with van der Waals surface area (Å²) < 4.78 is 11.3. The summed E-state index contributed by atoms with van der Waals surface area (Å²) >= 11 is 0. The molecule has 38 heavy (non-hydrogen) atoms. The lowest BCUT2D eigenvalue weighted by molar-refractivity contribution is -0.155. The average Bonchev–Trinajstić information content (AvgIpc) is 3.37.